The molecule has 0 radical (unpaired) electrons. The molecule has 2 atom stereocenters. The molecular weight excluding hydrogens is 273 g/mol. The standard InChI is InChI=1S/C16H18FNO3/c1-21-16(20)11-3-6-13-5-2-10-8-12(17)4-7-14(10)15(19)18(13)9-11/h4,7-8,11,13H,2-3,5-6,9H2,1H3/t11-,13+/m0/s1. The van der Waals surface area contributed by atoms with E-state index >= 15 is 0 Å². The minimum absolute atomic E-state index is 0.0962. The van der Waals surface area contributed by atoms with E-state index in [2.05, 4.69) is 0 Å². The number of nitrogens with zero attached hydrogens (tertiary/aromatic N) is 1. The van der Waals surface area contributed by atoms with E-state index < -0.39 is 0 Å². The quantitative estimate of drug-likeness (QED) is 0.745. The van der Waals surface area contributed by atoms with Gasteiger partial charge in [-0.3, -0.25) is 9.59 Å². The molecule has 1 aromatic rings. The zero-order chi connectivity index (χ0) is 15.0. The first-order chi connectivity index (χ1) is 10.1. The zero-order valence-corrected chi connectivity index (χ0v) is 12.0. The Hall–Kier alpha value is -1.91. The molecule has 5 heteroatoms. The molecular formula is C16H18FNO3. The minimum Gasteiger partial charge on any atom is -0.469 e. The van der Waals surface area contributed by atoms with Crippen molar-refractivity contribution in [3.63, 3.8) is 0 Å². The molecule has 2 aliphatic heterocycles. The van der Waals surface area contributed by atoms with Crippen molar-refractivity contribution < 1.29 is 18.7 Å². The smallest absolute Gasteiger partial charge is 0.310 e. The largest absolute Gasteiger partial charge is 0.469 e. The van der Waals surface area contributed by atoms with Crippen molar-refractivity contribution in [1.82, 2.24) is 4.90 Å². The van der Waals surface area contributed by atoms with Crippen molar-refractivity contribution in [3.05, 3.63) is 35.1 Å². The highest BCUT2D eigenvalue weighted by Gasteiger charge is 2.37. The number of ether oxygens (including phenoxy) is 1. The maximum atomic E-state index is 13.4. The van der Waals surface area contributed by atoms with Crippen LogP contribution in [0.4, 0.5) is 4.39 Å². The van der Waals surface area contributed by atoms with Gasteiger partial charge >= 0.3 is 5.97 Å². The van der Waals surface area contributed by atoms with E-state index in [-0.39, 0.29) is 29.7 Å². The van der Waals surface area contributed by atoms with Crippen LogP contribution in [0.2, 0.25) is 0 Å². The van der Waals surface area contributed by atoms with E-state index in [1.165, 1.54) is 19.2 Å². The van der Waals surface area contributed by atoms with Crippen LogP contribution in [-0.2, 0) is 16.0 Å². The first-order valence-electron chi connectivity index (χ1n) is 7.27. The number of rotatable bonds is 1. The van der Waals surface area contributed by atoms with Gasteiger partial charge in [0, 0.05) is 18.2 Å². The average Bonchev–Trinajstić information content (AvgIpc) is 2.63. The lowest BCUT2D eigenvalue weighted by atomic mass is 9.91. The molecule has 2 aliphatic rings. The van der Waals surface area contributed by atoms with Crippen molar-refractivity contribution in [2.45, 2.75) is 31.7 Å². The number of hydrogen-bond acceptors (Lipinski definition) is 3. The fourth-order valence-electron chi connectivity index (χ4n) is 3.39. The third kappa shape index (κ3) is 2.52. The summed E-state index contributed by atoms with van der Waals surface area (Å²) in [6.07, 6.45) is 3.05. The predicted octanol–water partition coefficient (Wildman–Crippen LogP) is 2.17. The third-order valence-electron chi connectivity index (χ3n) is 4.55. The highest BCUT2D eigenvalue weighted by molar-refractivity contribution is 5.96. The summed E-state index contributed by atoms with van der Waals surface area (Å²) < 4.78 is 18.1. The minimum atomic E-state index is -0.311. The summed E-state index contributed by atoms with van der Waals surface area (Å²) in [4.78, 5) is 26.2. The first kappa shape index (κ1) is 14.0. The molecule has 0 spiro atoms. The molecule has 0 aliphatic carbocycles. The second-order valence-corrected chi connectivity index (χ2v) is 5.75. The van der Waals surface area contributed by atoms with E-state index in [1.54, 1.807) is 11.0 Å². The van der Waals surface area contributed by atoms with Crippen LogP contribution in [-0.4, -0.2) is 36.5 Å². The van der Waals surface area contributed by atoms with Gasteiger partial charge in [-0.25, -0.2) is 4.39 Å². The number of methoxy groups -OCH3 is 1. The Labute approximate surface area is 122 Å². The van der Waals surface area contributed by atoms with Gasteiger partial charge < -0.3 is 9.64 Å². The number of halogens is 1. The summed E-state index contributed by atoms with van der Waals surface area (Å²) in [5.74, 6) is -0.919. The van der Waals surface area contributed by atoms with Crippen LogP contribution in [0, 0.1) is 11.7 Å². The lowest BCUT2D eigenvalue weighted by molar-refractivity contribution is -0.147. The van der Waals surface area contributed by atoms with Crippen LogP contribution in [0.15, 0.2) is 18.2 Å². The molecule has 0 unspecified atom stereocenters. The summed E-state index contributed by atoms with van der Waals surface area (Å²) in [5.41, 5.74) is 1.33. The van der Waals surface area contributed by atoms with Gasteiger partial charge in [0.1, 0.15) is 5.82 Å². The highest BCUT2D eigenvalue weighted by Crippen LogP contribution is 2.31. The van der Waals surface area contributed by atoms with Gasteiger partial charge in [-0.15, -0.1) is 0 Å². The number of aryl methyl sites for hydroxylation is 1. The summed E-state index contributed by atoms with van der Waals surface area (Å²) in [6, 6.07) is 4.45. The van der Waals surface area contributed by atoms with Gasteiger partial charge in [0.2, 0.25) is 0 Å². The number of fused-ring (bicyclic) bond motifs is 2. The van der Waals surface area contributed by atoms with Crippen LogP contribution in [0.1, 0.15) is 35.2 Å². The van der Waals surface area contributed by atoms with Crippen molar-refractivity contribution in [2.24, 2.45) is 5.92 Å². The molecule has 21 heavy (non-hydrogen) atoms. The number of carbonyl (C=O) groups excluding carboxylic acids is 2. The molecule has 1 saturated heterocycles. The SMILES string of the molecule is COC(=O)[C@H]1CC[C@H]2CCc3cc(F)ccc3C(=O)N2C1. The lowest BCUT2D eigenvalue weighted by Gasteiger charge is -2.37. The number of benzene rings is 1. The van der Waals surface area contributed by atoms with Crippen LogP contribution < -0.4 is 0 Å². The van der Waals surface area contributed by atoms with Crippen LogP contribution in [0.3, 0.4) is 0 Å². The van der Waals surface area contributed by atoms with Crippen LogP contribution >= 0.6 is 0 Å². The molecule has 0 bridgehead atoms. The van der Waals surface area contributed by atoms with Gasteiger partial charge in [-0.1, -0.05) is 0 Å². The molecule has 0 saturated carbocycles. The molecule has 0 N–H and O–H groups in total. The summed E-state index contributed by atoms with van der Waals surface area (Å²) in [5, 5.41) is 0. The maximum Gasteiger partial charge on any atom is 0.310 e. The Morgan fingerprint density at radius 1 is 1.33 bits per heavy atom. The van der Waals surface area contributed by atoms with Gasteiger partial charge in [0.05, 0.1) is 13.0 Å². The van der Waals surface area contributed by atoms with Gasteiger partial charge in [0.25, 0.3) is 5.91 Å². The van der Waals surface area contributed by atoms with E-state index in [4.69, 9.17) is 4.74 Å². The Bertz CT molecular complexity index is 587. The zero-order valence-electron chi connectivity index (χ0n) is 12.0. The molecule has 1 aromatic carbocycles. The molecule has 1 fully saturated rings. The van der Waals surface area contributed by atoms with E-state index in [1.807, 2.05) is 0 Å². The molecule has 0 aromatic heterocycles. The van der Waals surface area contributed by atoms with E-state index in [0.717, 1.165) is 24.8 Å². The number of amides is 1. The second-order valence-electron chi connectivity index (χ2n) is 5.75. The fourth-order valence-corrected chi connectivity index (χ4v) is 3.39. The summed E-state index contributed by atoms with van der Waals surface area (Å²) in [7, 11) is 1.37. The van der Waals surface area contributed by atoms with Crippen molar-refractivity contribution >= 4 is 11.9 Å². The Morgan fingerprint density at radius 3 is 2.90 bits per heavy atom. The first-order valence-corrected chi connectivity index (χ1v) is 7.27. The molecule has 3 rings (SSSR count). The van der Waals surface area contributed by atoms with Crippen molar-refractivity contribution in [1.29, 1.82) is 0 Å². The second kappa shape index (κ2) is 5.47. The monoisotopic (exact) mass is 291 g/mol. The van der Waals surface area contributed by atoms with E-state index in [0.29, 0.717) is 18.5 Å². The Morgan fingerprint density at radius 2 is 2.14 bits per heavy atom. The lowest BCUT2D eigenvalue weighted by Crippen LogP contribution is -2.48. The number of esters is 1. The van der Waals surface area contributed by atoms with Gasteiger partial charge in [0.15, 0.2) is 0 Å². The number of hydrogen-bond donors (Lipinski definition) is 0. The fraction of sp³-hybridized carbons (Fsp3) is 0.500. The molecule has 112 valence electrons. The van der Waals surface area contributed by atoms with Crippen LogP contribution in [0.25, 0.3) is 0 Å². The van der Waals surface area contributed by atoms with E-state index in [9.17, 15) is 14.0 Å². The Balaban J connectivity index is 1.89. The van der Waals surface area contributed by atoms with Gasteiger partial charge in [-0.2, -0.15) is 0 Å². The highest BCUT2D eigenvalue weighted by atomic mass is 19.1. The Kier molecular flexibility index (Phi) is 3.66. The molecule has 2 heterocycles. The van der Waals surface area contributed by atoms with Crippen molar-refractivity contribution in [3.8, 4) is 0 Å². The number of carbonyl (C=O) groups is 2. The molecule has 1 amide bonds. The maximum absolute atomic E-state index is 13.4. The van der Waals surface area contributed by atoms with Gasteiger partial charge in [-0.05, 0) is 49.4 Å². The third-order valence-corrected chi connectivity index (χ3v) is 4.55. The summed E-state index contributed by atoms with van der Waals surface area (Å²) in [6.45, 7) is 0.396. The predicted molar refractivity (Wildman–Crippen MR) is 74.3 cm³/mol. The topological polar surface area (TPSA) is 46.6 Å². The summed E-state index contributed by atoms with van der Waals surface area (Å²) >= 11 is 0. The van der Waals surface area contributed by atoms with Crippen LogP contribution in [0.5, 0.6) is 0 Å². The number of piperidine rings is 1. The normalized spacial score (nSPS) is 24.9. The van der Waals surface area contributed by atoms with Crippen molar-refractivity contribution in [2.75, 3.05) is 13.7 Å². The average molecular weight is 291 g/mol. The molecule has 4 nitrogen and oxygen atoms in total.